The van der Waals surface area contributed by atoms with Crippen molar-refractivity contribution in [2.24, 2.45) is 33.7 Å². The Morgan fingerprint density at radius 3 is 2.23 bits per heavy atom. The lowest BCUT2D eigenvalue weighted by atomic mass is 9.81. The summed E-state index contributed by atoms with van der Waals surface area (Å²) >= 11 is 0. The van der Waals surface area contributed by atoms with E-state index in [1.165, 1.54) is 13.2 Å². The van der Waals surface area contributed by atoms with Gasteiger partial charge in [-0.1, -0.05) is 52.8 Å². The van der Waals surface area contributed by atoms with E-state index in [1.807, 2.05) is 0 Å². The predicted molar refractivity (Wildman–Crippen MR) is 275 cm³/mol. The molecule has 2 unspecified atom stereocenters. The molecule has 5 N–H and O–H groups in total. The number of hydrogen-bond acceptors (Lipinski definition) is 16. The Balaban J connectivity index is 1.09. The van der Waals surface area contributed by atoms with Crippen molar-refractivity contribution in [1.82, 2.24) is 19.6 Å². The van der Waals surface area contributed by atoms with Crippen LogP contribution < -0.4 is 20.8 Å². The number of ether oxygens (including phenoxy) is 3. The maximum atomic E-state index is 14.8. The number of piperazine rings is 1. The number of amides is 2. The number of aliphatic hydroxyl groups excluding tert-OH is 2. The standard InChI is InChI=1S/C55H77N7O11/c1-31(2)30-60-22-18-55(19-23-60)57-44-41-42-49(67)36(7)51-43(41)52(69)54(8,73-51)71-28-11-10-15-38(72-40(64)29-39(63)62-26-24-61(25-27-62)37-16-20-59(9)21-17-37)34(5)48(66)35(6)47(65)32(3)13-12-14-33(4)53(70)56-46(50(42)68)45(44)58-55/h11-14,28,31-32,34-35,37-38,47-48,65-68H,10,15-27,29-30H2,1-9H3,(H,56,70)/b13-12+,28-11+,33-14-/t32?,34-,35+,38+,47-,48?,54-/m0/s1. The Bertz CT molecular complexity index is 2680. The Labute approximate surface area is 428 Å². The van der Waals surface area contributed by atoms with Crippen molar-refractivity contribution in [2.45, 2.75) is 136 Å². The molecular weight excluding hydrogens is 935 g/mol. The van der Waals surface area contributed by atoms with E-state index in [-0.39, 0.29) is 74.1 Å². The van der Waals surface area contributed by atoms with Crippen LogP contribution in [0.5, 0.6) is 17.2 Å². The van der Waals surface area contributed by atoms with Crippen LogP contribution in [0.4, 0.5) is 5.69 Å². The van der Waals surface area contributed by atoms with Gasteiger partial charge in [0.15, 0.2) is 11.4 Å². The van der Waals surface area contributed by atoms with Gasteiger partial charge >= 0.3 is 11.8 Å². The summed E-state index contributed by atoms with van der Waals surface area (Å²) in [5.74, 6) is -6.40. The smallest absolute Gasteiger partial charge is 0.315 e. The normalized spacial score (nSPS) is 30.5. The summed E-state index contributed by atoms with van der Waals surface area (Å²) in [6.45, 7) is 21.1. The van der Waals surface area contributed by atoms with Crippen LogP contribution in [0.25, 0.3) is 10.8 Å². The molecule has 2 aromatic carbocycles. The number of carbonyl (C=O) groups is 4. The van der Waals surface area contributed by atoms with E-state index < -0.39 is 77.3 Å². The van der Waals surface area contributed by atoms with Crippen LogP contribution in [-0.2, 0) is 23.9 Å². The molecule has 7 heterocycles. The molecule has 0 aromatic heterocycles. The molecule has 3 saturated heterocycles. The first kappa shape index (κ1) is 53.9. The number of nitrogens with one attached hydrogen (secondary N) is 1. The monoisotopic (exact) mass is 1010 g/mol. The predicted octanol–water partition coefficient (Wildman–Crippen LogP) is 4.49. The molecule has 7 aliphatic rings. The van der Waals surface area contributed by atoms with Crippen molar-refractivity contribution in [2.75, 3.05) is 71.3 Å². The van der Waals surface area contributed by atoms with Crippen LogP contribution in [-0.4, -0.2) is 165 Å². The van der Waals surface area contributed by atoms with E-state index in [4.69, 9.17) is 24.2 Å². The summed E-state index contributed by atoms with van der Waals surface area (Å²) in [5, 5.41) is 50.7. The van der Waals surface area contributed by atoms with E-state index >= 15 is 0 Å². The molecule has 2 aromatic rings. The van der Waals surface area contributed by atoms with Crippen molar-refractivity contribution in [3.05, 3.63) is 58.0 Å². The minimum Gasteiger partial charge on any atom is -0.507 e. The molecule has 2 amide bonds. The molecule has 7 atom stereocenters. The third-order valence-electron chi connectivity index (χ3n) is 16.2. The van der Waals surface area contributed by atoms with Crippen LogP contribution in [0, 0.1) is 30.6 Å². The largest absolute Gasteiger partial charge is 0.507 e. The maximum absolute atomic E-state index is 14.8. The Kier molecular flexibility index (Phi) is 16.1. The van der Waals surface area contributed by atoms with Gasteiger partial charge in [-0.3, -0.25) is 34.1 Å². The summed E-state index contributed by atoms with van der Waals surface area (Å²) < 4.78 is 18.5. The van der Waals surface area contributed by atoms with Gasteiger partial charge in [0, 0.05) is 106 Å². The lowest BCUT2D eigenvalue weighted by Crippen LogP contribution is -2.54. The van der Waals surface area contributed by atoms with Gasteiger partial charge in [0.1, 0.15) is 35.1 Å². The highest BCUT2D eigenvalue weighted by molar-refractivity contribution is 6.19. The number of aliphatic hydroxyl groups is 2. The number of aromatic hydroxyl groups is 2. The quantitative estimate of drug-likeness (QED) is 0.153. The Morgan fingerprint density at radius 2 is 1.56 bits per heavy atom. The number of carbonyl (C=O) groups excluding carboxylic acids is 4. The topological polar surface area (TPSA) is 227 Å². The fourth-order valence-corrected chi connectivity index (χ4v) is 11.5. The van der Waals surface area contributed by atoms with Crippen LogP contribution in [0.3, 0.4) is 0 Å². The van der Waals surface area contributed by atoms with Crippen molar-refractivity contribution in [3.63, 3.8) is 0 Å². The molecule has 1 spiro atoms. The highest BCUT2D eigenvalue weighted by Gasteiger charge is 2.50. The van der Waals surface area contributed by atoms with Gasteiger partial charge < -0.3 is 54.7 Å². The third kappa shape index (κ3) is 11.0. The third-order valence-corrected chi connectivity index (χ3v) is 16.2. The zero-order valence-corrected chi connectivity index (χ0v) is 44.1. The van der Waals surface area contributed by atoms with Crippen LogP contribution >= 0.6 is 0 Å². The fraction of sp³-hybridized carbons (Fsp3) is 0.636. The van der Waals surface area contributed by atoms with Crippen molar-refractivity contribution < 1.29 is 53.8 Å². The maximum Gasteiger partial charge on any atom is 0.315 e. The number of phenols is 2. The molecule has 0 aliphatic carbocycles. The first-order valence-electron chi connectivity index (χ1n) is 26.4. The van der Waals surface area contributed by atoms with Crippen molar-refractivity contribution in [3.8, 4) is 17.2 Å². The second-order valence-electron chi connectivity index (χ2n) is 22.1. The van der Waals surface area contributed by atoms with Crippen molar-refractivity contribution in [1.29, 1.82) is 0 Å². The number of rotatable bonds is 6. The number of ketones is 1. The molecule has 9 rings (SSSR count). The zero-order valence-electron chi connectivity index (χ0n) is 44.1. The SMILES string of the molecule is C/C1=C/C=C/C(C)[C@H](O)[C@@H](C)C(O)[C@@H](C)[C@H](OC(=O)CC(=O)N2CCN(C3CCN(C)CC3)CC2)CC/C=C/O[C@@]2(C)Oc3c(C)c(O)c4c(O)c(c5c(c4c3C2=O)=NC2(CCN(CC(C)C)CC2)N=5)NC1=O. The number of fused-ring (bicyclic) bond motifs is 13. The first-order chi connectivity index (χ1) is 34.6. The Morgan fingerprint density at radius 1 is 0.890 bits per heavy atom. The van der Waals surface area contributed by atoms with E-state index in [9.17, 15) is 39.6 Å². The number of anilines is 1. The molecule has 73 heavy (non-hydrogen) atoms. The van der Waals surface area contributed by atoms with Gasteiger partial charge in [-0.25, -0.2) is 0 Å². The number of nitrogens with zero attached hydrogens (tertiary/aromatic N) is 6. The van der Waals surface area contributed by atoms with Crippen LogP contribution in [0.1, 0.15) is 109 Å². The fourth-order valence-electron chi connectivity index (χ4n) is 11.5. The number of benzene rings is 2. The zero-order chi connectivity index (χ0) is 52.7. The molecule has 3 fully saturated rings. The molecule has 18 nitrogen and oxygen atoms in total. The molecular formula is C55H77N7O11. The van der Waals surface area contributed by atoms with Gasteiger partial charge in [-0.2, -0.15) is 0 Å². The highest BCUT2D eigenvalue weighted by Crippen LogP contribution is 2.50. The van der Waals surface area contributed by atoms with E-state index in [0.29, 0.717) is 51.0 Å². The average Bonchev–Trinajstić information content (AvgIpc) is 3.86. The number of likely N-dealkylation sites (tertiary alicyclic amines) is 2. The summed E-state index contributed by atoms with van der Waals surface area (Å²) in [4.78, 5) is 75.1. The van der Waals surface area contributed by atoms with Gasteiger partial charge in [0.25, 0.3) is 11.7 Å². The molecule has 5 bridgehead atoms. The van der Waals surface area contributed by atoms with Gasteiger partial charge in [-0.05, 0) is 71.7 Å². The van der Waals surface area contributed by atoms with Gasteiger partial charge in [-0.15, -0.1) is 0 Å². The number of piperidine rings is 2. The summed E-state index contributed by atoms with van der Waals surface area (Å²) in [6.07, 6.45) is 8.03. The second kappa shape index (κ2) is 21.8. The number of esters is 1. The van der Waals surface area contributed by atoms with Crippen LogP contribution in [0.15, 0.2) is 46.1 Å². The first-order valence-corrected chi connectivity index (χ1v) is 26.4. The number of hydrogen-bond donors (Lipinski definition) is 5. The van der Waals surface area contributed by atoms with Gasteiger partial charge in [0.05, 0.1) is 34.8 Å². The highest BCUT2D eigenvalue weighted by atomic mass is 16.7. The summed E-state index contributed by atoms with van der Waals surface area (Å²) in [6, 6.07) is 0.489. The van der Waals surface area contributed by atoms with E-state index in [2.05, 4.69) is 40.9 Å². The van der Waals surface area contributed by atoms with Gasteiger partial charge in [0.2, 0.25) is 5.91 Å². The number of Topliss-reactive ketones (excluding diaryl/α,β-unsaturated/α-hetero) is 1. The average molecular weight is 1010 g/mol. The second-order valence-corrected chi connectivity index (χ2v) is 22.1. The lowest BCUT2D eigenvalue weighted by molar-refractivity contribution is -0.159. The molecule has 18 heteroatoms. The number of allylic oxidation sites excluding steroid dienone is 3. The minimum atomic E-state index is -1.94. The van der Waals surface area contributed by atoms with Crippen LogP contribution in [0.2, 0.25) is 0 Å². The lowest BCUT2D eigenvalue weighted by Gasteiger charge is -2.42. The number of phenolic OH excluding ortho intramolecular Hbond substituents is 2. The molecule has 7 aliphatic heterocycles. The molecule has 0 radical (unpaired) electrons. The van der Waals surface area contributed by atoms with E-state index in [1.54, 1.807) is 63.8 Å². The minimum absolute atomic E-state index is 0.0448. The summed E-state index contributed by atoms with van der Waals surface area (Å²) in [5.41, 5.74) is -0.572. The Hall–Kier alpha value is -5.40. The molecule has 398 valence electrons. The summed E-state index contributed by atoms with van der Waals surface area (Å²) in [7, 11) is 2.13. The molecule has 0 saturated carbocycles. The van der Waals surface area contributed by atoms with Crippen molar-refractivity contribution >= 4 is 40.0 Å². The van der Waals surface area contributed by atoms with E-state index in [0.717, 1.165) is 45.6 Å².